The molecule has 3 rings (SSSR count). The third-order valence-electron chi connectivity index (χ3n) is 3.79. The highest BCUT2D eigenvalue weighted by molar-refractivity contribution is 6.32. The third-order valence-corrected chi connectivity index (χ3v) is 4.09. The van der Waals surface area contributed by atoms with Crippen LogP contribution in [0.4, 0.5) is 0 Å². The summed E-state index contributed by atoms with van der Waals surface area (Å²) in [5, 5.41) is 8.22. The maximum atomic E-state index is 12.1. The van der Waals surface area contributed by atoms with Crippen molar-refractivity contribution < 1.29 is 4.74 Å². The van der Waals surface area contributed by atoms with Crippen molar-refractivity contribution in [2.75, 3.05) is 0 Å². The van der Waals surface area contributed by atoms with Crippen LogP contribution in [-0.2, 0) is 13.7 Å². The monoisotopic (exact) mass is 344 g/mol. The average molecular weight is 345 g/mol. The van der Waals surface area contributed by atoms with Crippen LogP contribution in [0.2, 0.25) is 5.02 Å². The fourth-order valence-electron chi connectivity index (χ4n) is 2.41. The van der Waals surface area contributed by atoms with E-state index >= 15 is 0 Å². The molecular weight excluding hydrogens is 328 g/mol. The highest BCUT2D eigenvalue weighted by atomic mass is 35.5. The van der Waals surface area contributed by atoms with Crippen LogP contribution in [0.3, 0.4) is 0 Å². The molecule has 3 aromatic rings. The molecule has 24 heavy (non-hydrogen) atoms. The van der Waals surface area contributed by atoms with E-state index in [1.165, 1.54) is 9.36 Å². The molecule has 0 N–H and O–H groups in total. The first kappa shape index (κ1) is 16.3. The molecule has 0 atom stereocenters. The first-order valence-electron chi connectivity index (χ1n) is 7.44. The average Bonchev–Trinajstić information content (AvgIpc) is 2.87. The van der Waals surface area contributed by atoms with Crippen LogP contribution in [0, 0.1) is 13.8 Å². The van der Waals surface area contributed by atoms with E-state index in [1.54, 1.807) is 7.05 Å². The fraction of sp³-hybridized carbons (Fsp3) is 0.235. The van der Waals surface area contributed by atoms with E-state index in [-0.39, 0.29) is 12.3 Å². The Hall–Kier alpha value is -2.60. The lowest BCUT2D eigenvalue weighted by atomic mass is 10.1. The van der Waals surface area contributed by atoms with Crippen LogP contribution < -0.4 is 10.4 Å². The lowest BCUT2D eigenvalue weighted by Gasteiger charge is -2.14. The summed E-state index contributed by atoms with van der Waals surface area (Å²) < 4.78 is 8.32. The van der Waals surface area contributed by atoms with Crippen molar-refractivity contribution in [1.29, 1.82) is 0 Å². The van der Waals surface area contributed by atoms with Crippen LogP contribution >= 0.6 is 11.6 Å². The minimum absolute atomic E-state index is 0.272. The highest BCUT2D eigenvalue weighted by Gasteiger charge is 2.14. The zero-order valence-corrected chi connectivity index (χ0v) is 14.4. The number of aryl methyl sites for hydroxylation is 3. The molecule has 0 saturated carbocycles. The van der Waals surface area contributed by atoms with Crippen molar-refractivity contribution >= 4 is 11.6 Å². The largest absolute Gasteiger partial charge is 0.487 e. The summed E-state index contributed by atoms with van der Waals surface area (Å²) >= 11 is 6.22. The van der Waals surface area contributed by atoms with Gasteiger partial charge < -0.3 is 4.74 Å². The van der Waals surface area contributed by atoms with Gasteiger partial charge in [-0.3, -0.25) is 0 Å². The predicted octanol–water partition coefficient (Wildman–Crippen LogP) is 2.82. The number of aromatic nitrogens is 4. The molecule has 0 aliphatic rings. The minimum atomic E-state index is -0.310. The Balaban J connectivity index is 1.96. The molecule has 1 heterocycles. The molecular formula is C17H17ClN4O2. The molecule has 0 bridgehead atoms. The molecule has 0 aliphatic heterocycles. The molecule has 0 amide bonds. The molecule has 1 aromatic heterocycles. The van der Waals surface area contributed by atoms with Crippen LogP contribution in [0.1, 0.15) is 16.7 Å². The predicted molar refractivity (Wildman–Crippen MR) is 91.9 cm³/mol. The van der Waals surface area contributed by atoms with E-state index in [1.807, 2.05) is 50.2 Å². The molecule has 7 heteroatoms. The summed E-state index contributed by atoms with van der Waals surface area (Å²) in [5.74, 6) is 0.600. The van der Waals surface area contributed by atoms with Gasteiger partial charge in [-0.25, -0.2) is 4.79 Å². The Kier molecular flexibility index (Phi) is 4.40. The zero-order chi connectivity index (χ0) is 17.3. The fourth-order valence-corrected chi connectivity index (χ4v) is 2.70. The van der Waals surface area contributed by atoms with Gasteiger partial charge in [0.1, 0.15) is 12.4 Å². The van der Waals surface area contributed by atoms with Gasteiger partial charge in [-0.1, -0.05) is 29.8 Å². The number of tetrazole rings is 1. The van der Waals surface area contributed by atoms with Gasteiger partial charge in [-0.2, -0.15) is 9.36 Å². The van der Waals surface area contributed by atoms with E-state index in [0.29, 0.717) is 16.5 Å². The molecule has 0 saturated heterocycles. The number of benzene rings is 2. The van der Waals surface area contributed by atoms with Gasteiger partial charge >= 0.3 is 5.69 Å². The van der Waals surface area contributed by atoms with Gasteiger partial charge in [-0.15, -0.1) is 0 Å². The van der Waals surface area contributed by atoms with Crippen molar-refractivity contribution in [1.82, 2.24) is 19.8 Å². The van der Waals surface area contributed by atoms with Crippen molar-refractivity contribution in [3.63, 3.8) is 0 Å². The number of hydrogen-bond donors (Lipinski definition) is 0. The molecule has 0 radical (unpaired) electrons. The first-order chi connectivity index (χ1) is 11.5. The number of rotatable bonds is 4. The Morgan fingerprint density at radius 1 is 1.17 bits per heavy atom. The van der Waals surface area contributed by atoms with Gasteiger partial charge in [-0.05, 0) is 53.6 Å². The summed E-state index contributed by atoms with van der Waals surface area (Å²) in [7, 11) is 1.56. The number of nitrogens with zero attached hydrogens (tertiary/aromatic N) is 4. The summed E-state index contributed by atoms with van der Waals surface area (Å²) in [6.07, 6.45) is 0. The second-order valence-corrected chi connectivity index (χ2v) is 6.00. The standard InChI is InChI=1S/C17H17ClN4O2/c1-11-7-8-16(14(18)9-11)24-10-13-12(2)5-4-6-15(13)22-17(23)21(3)19-20-22/h4-9H,10H2,1-3H3. The first-order valence-corrected chi connectivity index (χ1v) is 7.82. The van der Waals surface area contributed by atoms with Gasteiger partial charge in [0.05, 0.1) is 10.7 Å². The van der Waals surface area contributed by atoms with Crippen LogP contribution in [0.15, 0.2) is 41.2 Å². The zero-order valence-electron chi connectivity index (χ0n) is 13.7. The molecule has 2 aromatic carbocycles. The van der Waals surface area contributed by atoms with Crippen molar-refractivity contribution in [2.24, 2.45) is 7.05 Å². The van der Waals surface area contributed by atoms with E-state index in [9.17, 15) is 4.79 Å². The normalized spacial score (nSPS) is 10.8. The summed E-state index contributed by atoms with van der Waals surface area (Å²) in [4.78, 5) is 12.1. The topological polar surface area (TPSA) is 61.9 Å². The SMILES string of the molecule is Cc1ccc(OCc2c(C)cccc2-n2nnn(C)c2=O)c(Cl)c1. The Morgan fingerprint density at radius 3 is 2.62 bits per heavy atom. The van der Waals surface area contributed by atoms with E-state index in [4.69, 9.17) is 16.3 Å². The van der Waals surface area contributed by atoms with Crippen molar-refractivity contribution in [3.8, 4) is 11.4 Å². The maximum absolute atomic E-state index is 12.1. The van der Waals surface area contributed by atoms with E-state index in [0.717, 1.165) is 16.7 Å². The number of hydrogen-bond acceptors (Lipinski definition) is 4. The van der Waals surface area contributed by atoms with Gasteiger partial charge in [0.25, 0.3) is 0 Å². The number of ether oxygens (including phenoxy) is 1. The molecule has 124 valence electrons. The second kappa shape index (κ2) is 6.49. The number of halogens is 1. The van der Waals surface area contributed by atoms with E-state index < -0.39 is 0 Å². The van der Waals surface area contributed by atoms with Crippen LogP contribution in [0.5, 0.6) is 5.75 Å². The lowest BCUT2D eigenvalue weighted by Crippen LogP contribution is -2.23. The second-order valence-electron chi connectivity index (χ2n) is 5.59. The van der Waals surface area contributed by atoms with Gasteiger partial charge in [0, 0.05) is 12.6 Å². The van der Waals surface area contributed by atoms with Crippen molar-refractivity contribution in [2.45, 2.75) is 20.5 Å². The van der Waals surface area contributed by atoms with E-state index in [2.05, 4.69) is 10.4 Å². The minimum Gasteiger partial charge on any atom is -0.487 e. The van der Waals surface area contributed by atoms with Crippen molar-refractivity contribution in [3.05, 3.63) is 68.6 Å². The summed E-state index contributed by atoms with van der Waals surface area (Å²) in [5.41, 5.74) is 3.26. The van der Waals surface area contributed by atoms with Gasteiger partial charge in [0.2, 0.25) is 0 Å². The Labute approximate surface area is 144 Å². The molecule has 0 fully saturated rings. The molecule has 0 aliphatic carbocycles. The third kappa shape index (κ3) is 3.05. The van der Waals surface area contributed by atoms with Gasteiger partial charge in [0.15, 0.2) is 0 Å². The quantitative estimate of drug-likeness (QED) is 0.730. The molecule has 0 unspecified atom stereocenters. The van der Waals surface area contributed by atoms with Crippen LogP contribution in [-0.4, -0.2) is 19.8 Å². The summed E-state index contributed by atoms with van der Waals surface area (Å²) in [6.45, 7) is 4.20. The highest BCUT2D eigenvalue weighted by Crippen LogP contribution is 2.27. The smallest absolute Gasteiger partial charge is 0.368 e. The lowest BCUT2D eigenvalue weighted by molar-refractivity contribution is 0.305. The summed E-state index contributed by atoms with van der Waals surface area (Å²) in [6, 6.07) is 11.3. The Morgan fingerprint density at radius 2 is 1.96 bits per heavy atom. The van der Waals surface area contributed by atoms with Crippen LogP contribution in [0.25, 0.3) is 5.69 Å². The molecule has 6 nitrogen and oxygen atoms in total. The Bertz CT molecular complexity index is 946. The molecule has 0 spiro atoms. The maximum Gasteiger partial charge on any atom is 0.368 e.